The van der Waals surface area contributed by atoms with E-state index in [-0.39, 0.29) is 35.2 Å². The molecule has 1 aliphatic carbocycles. The largest absolute Gasteiger partial charge is 0.496 e. The molecule has 0 unspecified atom stereocenters. The summed E-state index contributed by atoms with van der Waals surface area (Å²) in [7, 11) is 1.38. The monoisotopic (exact) mass is 361 g/mol. The summed E-state index contributed by atoms with van der Waals surface area (Å²) in [6, 6.07) is 8.55. The van der Waals surface area contributed by atoms with Crippen molar-refractivity contribution in [3.63, 3.8) is 0 Å². The quantitative estimate of drug-likeness (QED) is 0.829. The number of carbonyl (C=O) groups is 2. The lowest BCUT2D eigenvalue weighted by atomic mass is 10.1. The number of ether oxygens (including phenoxy) is 1. The Morgan fingerprint density at radius 1 is 1.27 bits per heavy atom. The van der Waals surface area contributed by atoms with E-state index in [1.54, 1.807) is 6.07 Å². The molecule has 2 aromatic carbocycles. The first-order valence-corrected chi connectivity index (χ1v) is 8.04. The van der Waals surface area contributed by atoms with Gasteiger partial charge >= 0.3 is 5.97 Å². The highest BCUT2D eigenvalue weighted by Gasteiger charge is 2.45. The Morgan fingerprint density at radius 2 is 2.04 bits per heavy atom. The van der Waals surface area contributed by atoms with Crippen LogP contribution in [0, 0.1) is 17.6 Å². The fourth-order valence-electron chi connectivity index (χ4n) is 2.99. The Labute approximate surface area is 148 Å². The van der Waals surface area contributed by atoms with Gasteiger partial charge in [-0.1, -0.05) is 18.2 Å². The molecule has 0 heterocycles. The summed E-state index contributed by atoms with van der Waals surface area (Å²) in [4.78, 5) is 23.4. The summed E-state index contributed by atoms with van der Waals surface area (Å²) < 4.78 is 32.1. The molecule has 0 radical (unpaired) electrons. The lowest BCUT2D eigenvalue weighted by molar-refractivity contribution is -0.122. The van der Waals surface area contributed by atoms with Crippen molar-refractivity contribution in [2.24, 2.45) is 5.92 Å². The van der Waals surface area contributed by atoms with Crippen LogP contribution in [0.15, 0.2) is 36.4 Å². The Morgan fingerprint density at radius 3 is 2.73 bits per heavy atom. The van der Waals surface area contributed by atoms with E-state index in [1.165, 1.54) is 31.4 Å². The maximum Gasteiger partial charge on any atom is 0.339 e. The van der Waals surface area contributed by atoms with E-state index in [1.807, 2.05) is 0 Å². The normalized spacial score (nSPS) is 18.3. The summed E-state index contributed by atoms with van der Waals surface area (Å²) in [6.45, 7) is 0.137. The Hall–Kier alpha value is -2.96. The molecule has 2 N–H and O–H groups in total. The van der Waals surface area contributed by atoms with Crippen LogP contribution in [0.1, 0.15) is 33.8 Å². The molecular formula is C19H17F2NO4. The Balaban J connectivity index is 1.63. The van der Waals surface area contributed by atoms with Crippen molar-refractivity contribution < 1.29 is 28.2 Å². The number of carboxylic acids is 1. The molecule has 3 rings (SSSR count). The molecule has 0 aromatic heterocycles. The Kier molecular flexibility index (Phi) is 4.88. The lowest BCUT2D eigenvalue weighted by Gasteiger charge is -2.09. The zero-order valence-electron chi connectivity index (χ0n) is 14.0. The van der Waals surface area contributed by atoms with Gasteiger partial charge in [0, 0.05) is 12.5 Å². The average molecular weight is 361 g/mol. The third-order valence-electron chi connectivity index (χ3n) is 4.47. The van der Waals surface area contributed by atoms with Crippen LogP contribution in [-0.4, -0.2) is 24.1 Å². The maximum atomic E-state index is 13.8. The van der Waals surface area contributed by atoms with Crippen molar-refractivity contribution in [3.8, 4) is 5.75 Å². The van der Waals surface area contributed by atoms with Gasteiger partial charge in [-0.15, -0.1) is 0 Å². The highest BCUT2D eigenvalue weighted by atomic mass is 19.2. The number of carboxylic acid groups (broad SMARTS) is 1. The van der Waals surface area contributed by atoms with Crippen LogP contribution in [0.2, 0.25) is 0 Å². The van der Waals surface area contributed by atoms with Crippen LogP contribution < -0.4 is 10.1 Å². The van der Waals surface area contributed by atoms with Crippen molar-refractivity contribution in [3.05, 3.63) is 64.7 Å². The minimum absolute atomic E-state index is 0.00498. The molecule has 0 bridgehead atoms. The highest BCUT2D eigenvalue weighted by Crippen LogP contribution is 2.48. The van der Waals surface area contributed by atoms with E-state index < -0.39 is 23.5 Å². The number of aromatic carboxylic acids is 1. The second-order valence-corrected chi connectivity index (χ2v) is 6.15. The molecule has 5 nitrogen and oxygen atoms in total. The third kappa shape index (κ3) is 3.51. The first-order valence-electron chi connectivity index (χ1n) is 8.04. The van der Waals surface area contributed by atoms with Crippen LogP contribution in [-0.2, 0) is 11.3 Å². The van der Waals surface area contributed by atoms with Gasteiger partial charge in [-0.2, -0.15) is 0 Å². The molecule has 26 heavy (non-hydrogen) atoms. The number of benzene rings is 2. The van der Waals surface area contributed by atoms with Crippen LogP contribution >= 0.6 is 0 Å². The van der Waals surface area contributed by atoms with E-state index in [0.29, 0.717) is 12.0 Å². The SMILES string of the molecule is COc1ccc(CNC(=O)[C@@H]2C[C@@H]2c2cccc(F)c2F)cc1C(=O)O. The summed E-state index contributed by atoms with van der Waals surface area (Å²) in [5, 5.41) is 11.9. The van der Waals surface area contributed by atoms with E-state index in [4.69, 9.17) is 4.74 Å². The zero-order valence-corrected chi connectivity index (χ0v) is 14.0. The van der Waals surface area contributed by atoms with Gasteiger partial charge in [-0.05, 0) is 41.7 Å². The number of carbonyl (C=O) groups excluding carboxylic acids is 1. The van der Waals surface area contributed by atoms with Gasteiger partial charge in [-0.25, -0.2) is 13.6 Å². The third-order valence-corrected chi connectivity index (χ3v) is 4.47. The molecule has 1 aliphatic rings. The second-order valence-electron chi connectivity index (χ2n) is 6.15. The second kappa shape index (κ2) is 7.11. The van der Waals surface area contributed by atoms with Gasteiger partial charge in [0.25, 0.3) is 0 Å². The van der Waals surface area contributed by atoms with Crippen LogP contribution in [0.5, 0.6) is 5.75 Å². The van der Waals surface area contributed by atoms with Crippen molar-refractivity contribution in [2.75, 3.05) is 7.11 Å². The van der Waals surface area contributed by atoms with Gasteiger partial charge < -0.3 is 15.2 Å². The maximum absolute atomic E-state index is 13.8. The van der Waals surface area contributed by atoms with Gasteiger partial charge in [0.05, 0.1) is 7.11 Å². The molecule has 0 aliphatic heterocycles. The molecule has 1 amide bonds. The molecule has 0 saturated heterocycles. The molecule has 136 valence electrons. The number of methoxy groups -OCH3 is 1. The number of halogens is 2. The number of nitrogens with one attached hydrogen (secondary N) is 1. The van der Waals surface area contributed by atoms with E-state index in [0.717, 1.165) is 6.07 Å². The lowest BCUT2D eigenvalue weighted by Crippen LogP contribution is -2.25. The number of hydrogen-bond donors (Lipinski definition) is 2. The standard InChI is InChI=1S/C19H17F2NO4/c1-26-16-6-5-10(7-14(16)19(24)25)9-22-18(23)13-8-12(13)11-3-2-4-15(20)17(11)21/h2-7,12-13H,8-9H2,1H3,(H,22,23)(H,24,25)/t12-,13-/m1/s1. The molecule has 0 spiro atoms. The zero-order chi connectivity index (χ0) is 18.8. The Bertz CT molecular complexity index is 869. The minimum atomic E-state index is -1.13. The van der Waals surface area contributed by atoms with Crippen molar-refractivity contribution in [2.45, 2.75) is 18.9 Å². The van der Waals surface area contributed by atoms with Gasteiger partial charge in [-0.3, -0.25) is 4.79 Å². The van der Waals surface area contributed by atoms with E-state index >= 15 is 0 Å². The number of amides is 1. The number of hydrogen-bond acceptors (Lipinski definition) is 3. The molecule has 2 aromatic rings. The van der Waals surface area contributed by atoms with Crippen LogP contribution in [0.25, 0.3) is 0 Å². The predicted molar refractivity (Wildman–Crippen MR) is 89.0 cm³/mol. The molecule has 1 fully saturated rings. The van der Waals surface area contributed by atoms with Crippen molar-refractivity contribution in [1.29, 1.82) is 0 Å². The summed E-state index contributed by atoms with van der Waals surface area (Å²) in [6.07, 6.45) is 0.454. The van der Waals surface area contributed by atoms with Gasteiger partial charge in [0.2, 0.25) is 5.91 Å². The van der Waals surface area contributed by atoms with Crippen molar-refractivity contribution in [1.82, 2.24) is 5.32 Å². The molecular weight excluding hydrogens is 344 g/mol. The fraction of sp³-hybridized carbons (Fsp3) is 0.263. The predicted octanol–water partition coefficient (Wildman–Crippen LogP) is 3.09. The summed E-state index contributed by atoms with van der Waals surface area (Å²) in [5.41, 5.74) is 0.818. The summed E-state index contributed by atoms with van der Waals surface area (Å²) >= 11 is 0. The number of rotatable bonds is 6. The van der Waals surface area contributed by atoms with Crippen LogP contribution in [0.3, 0.4) is 0 Å². The summed E-state index contributed by atoms with van der Waals surface area (Å²) in [5.74, 6) is -3.75. The topological polar surface area (TPSA) is 75.6 Å². The fourth-order valence-corrected chi connectivity index (χ4v) is 2.99. The van der Waals surface area contributed by atoms with E-state index in [9.17, 15) is 23.5 Å². The van der Waals surface area contributed by atoms with Crippen molar-refractivity contribution >= 4 is 11.9 Å². The first kappa shape index (κ1) is 17.8. The molecule has 1 saturated carbocycles. The molecule has 2 atom stereocenters. The highest BCUT2D eigenvalue weighted by molar-refractivity contribution is 5.91. The van der Waals surface area contributed by atoms with E-state index in [2.05, 4.69) is 5.32 Å². The average Bonchev–Trinajstić information content (AvgIpc) is 3.42. The van der Waals surface area contributed by atoms with Gasteiger partial charge in [0.15, 0.2) is 11.6 Å². The first-order chi connectivity index (χ1) is 12.4. The molecule has 7 heteroatoms. The minimum Gasteiger partial charge on any atom is -0.496 e. The smallest absolute Gasteiger partial charge is 0.339 e. The van der Waals surface area contributed by atoms with Gasteiger partial charge in [0.1, 0.15) is 11.3 Å². The van der Waals surface area contributed by atoms with Crippen LogP contribution in [0.4, 0.5) is 8.78 Å².